The van der Waals surface area contributed by atoms with Gasteiger partial charge < -0.3 is 5.32 Å². The monoisotopic (exact) mass is 291 g/mol. The lowest BCUT2D eigenvalue weighted by atomic mass is 10.0. The Bertz CT molecular complexity index is 332. The normalized spacial score (nSPS) is 16.5. The van der Waals surface area contributed by atoms with Gasteiger partial charge in [-0.05, 0) is 44.2 Å². The Morgan fingerprint density at radius 3 is 2.88 bits per heavy atom. The van der Waals surface area contributed by atoms with Gasteiger partial charge in [-0.3, -0.25) is 0 Å². The van der Waals surface area contributed by atoms with E-state index in [4.69, 9.17) is 0 Å². The van der Waals surface area contributed by atoms with Gasteiger partial charge in [0.05, 0.1) is 0 Å². The molecule has 1 aromatic heterocycles. The van der Waals surface area contributed by atoms with Gasteiger partial charge in [0.2, 0.25) is 0 Å². The molecule has 0 amide bonds. The van der Waals surface area contributed by atoms with E-state index in [9.17, 15) is 0 Å². The molecule has 0 atom stereocenters. The van der Waals surface area contributed by atoms with Gasteiger partial charge in [-0.2, -0.15) is 0 Å². The zero-order valence-electron chi connectivity index (χ0n) is 9.89. The highest BCUT2D eigenvalue weighted by Crippen LogP contribution is 2.24. The van der Waals surface area contributed by atoms with Crippen molar-refractivity contribution in [3.63, 3.8) is 0 Å². The Hall–Kier alpha value is 0.0300. The number of hydrogen-bond acceptors (Lipinski definition) is 5. The third-order valence-corrected chi connectivity index (χ3v) is 4.44. The first-order valence-electron chi connectivity index (χ1n) is 5.59. The number of aromatic nitrogens is 2. The van der Waals surface area contributed by atoms with Gasteiger partial charge >= 0.3 is 0 Å². The summed E-state index contributed by atoms with van der Waals surface area (Å²) in [6, 6.07) is 2.01. The van der Waals surface area contributed by atoms with Crippen molar-refractivity contribution in [3.8, 4) is 0 Å². The molecule has 1 aromatic rings. The number of halogens is 1. The van der Waals surface area contributed by atoms with Crippen LogP contribution < -0.4 is 5.32 Å². The summed E-state index contributed by atoms with van der Waals surface area (Å²) in [5, 5.41) is 5.37. The van der Waals surface area contributed by atoms with Crippen molar-refractivity contribution in [2.24, 2.45) is 5.92 Å². The first-order chi connectivity index (χ1) is 7.88. The molecule has 2 heterocycles. The minimum absolute atomic E-state index is 0. The third kappa shape index (κ3) is 5.04. The van der Waals surface area contributed by atoms with Crippen molar-refractivity contribution in [3.05, 3.63) is 12.3 Å². The standard InChI is InChI=1S/C11H17N3S2.ClH/c1-15-11-13-7-4-10(14-11)16-8-9-2-5-12-6-3-9;/h4,7,9,12H,2-3,5-6,8H2,1H3;1H. The number of piperidine rings is 1. The summed E-state index contributed by atoms with van der Waals surface area (Å²) in [6.07, 6.45) is 6.46. The Morgan fingerprint density at radius 1 is 1.41 bits per heavy atom. The van der Waals surface area contributed by atoms with Crippen molar-refractivity contribution >= 4 is 35.9 Å². The summed E-state index contributed by atoms with van der Waals surface area (Å²) in [5.41, 5.74) is 0. The SMILES string of the molecule is CSc1nccc(SCC2CCNCC2)n1.Cl. The van der Waals surface area contributed by atoms with Gasteiger partial charge in [0.1, 0.15) is 5.03 Å². The van der Waals surface area contributed by atoms with Crippen LogP contribution >= 0.6 is 35.9 Å². The quantitative estimate of drug-likeness (QED) is 0.524. The van der Waals surface area contributed by atoms with E-state index in [0.29, 0.717) is 0 Å². The molecule has 96 valence electrons. The van der Waals surface area contributed by atoms with Crippen molar-refractivity contribution in [2.45, 2.75) is 23.0 Å². The zero-order valence-corrected chi connectivity index (χ0v) is 12.3. The summed E-state index contributed by atoms with van der Waals surface area (Å²) in [6.45, 7) is 2.34. The molecule has 1 aliphatic rings. The topological polar surface area (TPSA) is 37.8 Å². The zero-order chi connectivity index (χ0) is 11.2. The van der Waals surface area contributed by atoms with E-state index in [-0.39, 0.29) is 12.4 Å². The van der Waals surface area contributed by atoms with Gasteiger partial charge in [0.25, 0.3) is 0 Å². The summed E-state index contributed by atoms with van der Waals surface area (Å²) in [4.78, 5) is 8.66. The second-order valence-corrected chi connectivity index (χ2v) is 5.70. The molecule has 0 unspecified atom stereocenters. The molecule has 2 rings (SSSR count). The number of thioether (sulfide) groups is 2. The second-order valence-electron chi connectivity index (χ2n) is 3.89. The average molecular weight is 292 g/mol. The van der Waals surface area contributed by atoms with Gasteiger partial charge in [-0.1, -0.05) is 11.8 Å². The minimum Gasteiger partial charge on any atom is -0.317 e. The van der Waals surface area contributed by atoms with Crippen molar-refractivity contribution < 1.29 is 0 Å². The van der Waals surface area contributed by atoms with E-state index < -0.39 is 0 Å². The van der Waals surface area contributed by atoms with Crippen LogP contribution in [0.1, 0.15) is 12.8 Å². The van der Waals surface area contributed by atoms with Gasteiger partial charge in [-0.25, -0.2) is 9.97 Å². The molecule has 0 aliphatic carbocycles. The minimum atomic E-state index is 0. The van der Waals surface area contributed by atoms with Crippen LogP contribution in [0.5, 0.6) is 0 Å². The fourth-order valence-corrected chi connectivity index (χ4v) is 3.22. The number of hydrogen-bond donors (Lipinski definition) is 1. The Morgan fingerprint density at radius 2 is 2.18 bits per heavy atom. The van der Waals surface area contributed by atoms with Gasteiger partial charge in [-0.15, -0.1) is 24.2 Å². The van der Waals surface area contributed by atoms with Gasteiger partial charge in [0, 0.05) is 11.9 Å². The third-order valence-electron chi connectivity index (χ3n) is 2.72. The smallest absolute Gasteiger partial charge is 0.188 e. The molecule has 1 N–H and O–H groups in total. The van der Waals surface area contributed by atoms with E-state index in [1.807, 2.05) is 30.3 Å². The van der Waals surface area contributed by atoms with Crippen LogP contribution in [0.4, 0.5) is 0 Å². The number of nitrogens with one attached hydrogen (secondary N) is 1. The first kappa shape index (κ1) is 15.1. The van der Waals surface area contributed by atoms with Gasteiger partial charge in [0.15, 0.2) is 5.16 Å². The summed E-state index contributed by atoms with van der Waals surface area (Å²) in [7, 11) is 0. The van der Waals surface area contributed by atoms with E-state index in [0.717, 1.165) is 16.1 Å². The predicted octanol–water partition coefficient (Wildman–Crippen LogP) is 2.71. The Balaban J connectivity index is 0.00000144. The van der Waals surface area contributed by atoms with Crippen molar-refractivity contribution in [1.29, 1.82) is 0 Å². The molecule has 1 aliphatic heterocycles. The van der Waals surface area contributed by atoms with Crippen molar-refractivity contribution in [2.75, 3.05) is 25.1 Å². The van der Waals surface area contributed by atoms with Crippen LogP contribution in [-0.2, 0) is 0 Å². The fraction of sp³-hybridized carbons (Fsp3) is 0.636. The van der Waals surface area contributed by atoms with Crippen LogP contribution in [0, 0.1) is 5.92 Å². The predicted molar refractivity (Wildman–Crippen MR) is 77.4 cm³/mol. The molecular weight excluding hydrogens is 274 g/mol. The second kappa shape index (κ2) is 8.19. The van der Waals surface area contributed by atoms with Crippen LogP contribution in [0.2, 0.25) is 0 Å². The van der Waals surface area contributed by atoms with Crippen LogP contribution in [0.3, 0.4) is 0 Å². The van der Waals surface area contributed by atoms with Crippen LogP contribution in [-0.4, -0.2) is 35.1 Å². The Labute approximate surface area is 117 Å². The van der Waals surface area contributed by atoms with Crippen LogP contribution in [0.25, 0.3) is 0 Å². The number of nitrogens with zero attached hydrogens (tertiary/aromatic N) is 2. The molecule has 1 saturated heterocycles. The van der Waals surface area contributed by atoms with Crippen molar-refractivity contribution in [1.82, 2.24) is 15.3 Å². The first-order valence-corrected chi connectivity index (χ1v) is 7.80. The summed E-state index contributed by atoms with van der Waals surface area (Å²) < 4.78 is 0. The average Bonchev–Trinajstić information content (AvgIpc) is 2.38. The van der Waals surface area contributed by atoms with E-state index in [1.165, 1.54) is 31.7 Å². The largest absolute Gasteiger partial charge is 0.317 e. The van der Waals surface area contributed by atoms with E-state index in [1.54, 1.807) is 11.8 Å². The maximum Gasteiger partial charge on any atom is 0.188 e. The molecule has 0 spiro atoms. The molecule has 0 aromatic carbocycles. The molecule has 0 saturated carbocycles. The molecule has 17 heavy (non-hydrogen) atoms. The summed E-state index contributed by atoms with van der Waals surface area (Å²) >= 11 is 3.46. The fourth-order valence-electron chi connectivity index (χ4n) is 1.76. The summed E-state index contributed by atoms with van der Waals surface area (Å²) in [5.74, 6) is 2.03. The maximum atomic E-state index is 4.47. The Kier molecular flexibility index (Phi) is 7.27. The lowest BCUT2D eigenvalue weighted by Gasteiger charge is -2.21. The molecule has 0 bridgehead atoms. The van der Waals surface area contributed by atoms with E-state index in [2.05, 4.69) is 15.3 Å². The highest BCUT2D eigenvalue weighted by Gasteiger charge is 2.13. The van der Waals surface area contributed by atoms with Crippen LogP contribution in [0.15, 0.2) is 22.4 Å². The molecule has 1 fully saturated rings. The molecule has 6 heteroatoms. The number of rotatable bonds is 4. The molecule has 0 radical (unpaired) electrons. The lowest BCUT2D eigenvalue weighted by molar-refractivity contribution is 0.408. The van der Waals surface area contributed by atoms with E-state index >= 15 is 0 Å². The molecular formula is C11H18ClN3S2. The highest BCUT2D eigenvalue weighted by atomic mass is 35.5. The highest BCUT2D eigenvalue weighted by molar-refractivity contribution is 7.99. The maximum absolute atomic E-state index is 4.47. The molecule has 3 nitrogen and oxygen atoms in total. The lowest BCUT2D eigenvalue weighted by Crippen LogP contribution is -2.28.